The van der Waals surface area contributed by atoms with Crippen LogP contribution in [0.2, 0.25) is 0 Å². The van der Waals surface area contributed by atoms with Gasteiger partial charge in [-0.25, -0.2) is 9.48 Å². The first-order valence-electron chi connectivity index (χ1n) is 8.74. The molecule has 3 heterocycles. The number of para-hydroxylation sites is 1. The van der Waals surface area contributed by atoms with E-state index in [-0.39, 0.29) is 18.5 Å². The minimum absolute atomic E-state index is 0.0475. The second kappa shape index (κ2) is 6.62. The van der Waals surface area contributed by atoms with Crippen molar-refractivity contribution >= 4 is 23.6 Å². The van der Waals surface area contributed by atoms with Crippen LogP contribution in [-0.2, 0) is 4.79 Å². The number of anilines is 1. The first kappa shape index (κ1) is 16.3. The second-order valence-corrected chi connectivity index (χ2v) is 6.20. The Kier molecular flexibility index (Phi) is 4.16. The zero-order valence-electron chi connectivity index (χ0n) is 14.6. The highest BCUT2D eigenvalue weighted by atomic mass is 16.2. The summed E-state index contributed by atoms with van der Waals surface area (Å²) in [6.45, 7) is 3.61. The number of hydrogen-bond donors (Lipinski definition) is 1. The standard InChI is InChI=1S/C18H20N6O2/c1-2-8-19-15(25)12-23-17-14(16-20-9-10-22(16)18(23)26)11-21-24(17)13-6-4-3-5-7-13/h3-7,11H,2,8-10,12H2,1H3,(H,19,25). The van der Waals surface area contributed by atoms with Crippen molar-refractivity contribution in [1.29, 1.82) is 0 Å². The maximum Gasteiger partial charge on any atom is 0.331 e. The van der Waals surface area contributed by atoms with Crippen molar-refractivity contribution in [3.63, 3.8) is 0 Å². The van der Waals surface area contributed by atoms with Crippen molar-refractivity contribution in [2.75, 3.05) is 31.1 Å². The molecule has 0 radical (unpaired) electrons. The van der Waals surface area contributed by atoms with Crippen LogP contribution >= 0.6 is 0 Å². The molecule has 26 heavy (non-hydrogen) atoms. The summed E-state index contributed by atoms with van der Waals surface area (Å²) >= 11 is 0. The molecule has 0 aliphatic carbocycles. The van der Waals surface area contributed by atoms with Crippen molar-refractivity contribution in [3.05, 3.63) is 42.1 Å². The number of aliphatic imine (C=N–C) groups is 1. The summed E-state index contributed by atoms with van der Waals surface area (Å²) in [7, 11) is 0. The topological polar surface area (TPSA) is 82.8 Å². The fraction of sp³-hybridized carbons (Fsp3) is 0.333. The van der Waals surface area contributed by atoms with Crippen LogP contribution < -0.4 is 10.2 Å². The van der Waals surface area contributed by atoms with Crippen LogP contribution in [0, 0.1) is 0 Å². The molecule has 1 N–H and O–H groups in total. The molecular formula is C18H20N6O2. The fourth-order valence-electron chi connectivity index (χ4n) is 3.22. The van der Waals surface area contributed by atoms with E-state index in [1.165, 1.54) is 4.90 Å². The Balaban J connectivity index is 1.77. The van der Waals surface area contributed by atoms with E-state index in [1.807, 2.05) is 37.3 Å². The Morgan fingerprint density at radius 2 is 2.08 bits per heavy atom. The molecule has 2 aliphatic rings. The Bertz CT molecular complexity index is 873. The van der Waals surface area contributed by atoms with E-state index < -0.39 is 0 Å². The van der Waals surface area contributed by atoms with Gasteiger partial charge in [0.15, 0.2) is 5.82 Å². The van der Waals surface area contributed by atoms with E-state index in [9.17, 15) is 9.59 Å². The lowest BCUT2D eigenvalue weighted by Gasteiger charge is -2.33. The third-order valence-electron chi connectivity index (χ3n) is 4.42. The van der Waals surface area contributed by atoms with Crippen LogP contribution in [0.15, 0.2) is 41.5 Å². The van der Waals surface area contributed by atoms with E-state index in [4.69, 9.17) is 0 Å². The molecule has 0 saturated carbocycles. The summed E-state index contributed by atoms with van der Waals surface area (Å²) in [5.74, 6) is 1.04. The summed E-state index contributed by atoms with van der Waals surface area (Å²) in [5, 5.41) is 7.30. The average Bonchev–Trinajstić information content (AvgIpc) is 3.31. The number of fused-ring (bicyclic) bond motifs is 3. The van der Waals surface area contributed by atoms with Gasteiger partial charge in [-0.05, 0) is 18.6 Å². The molecular weight excluding hydrogens is 332 g/mol. The van der Waals surface area contributed by atoms with Crippen LogP contribution in [0.5, 0.6) is 0 Å². The smallest absolute Gasteiger partial charge is 0.331 e. The second-order valence-electron chi connectivity index (χ2n) is 6.20. The van der Waals surface area contributed by atoms with Gasteiger partial charge >= 0.3 is 6.03 Å². The first-order valence-corrected chi connectivity index (χ1v) is 8.74. The number of carbonyl (C=O) groups is 2. The Hall–Kier alpha value is -3.16. The molecule has 1 aromatic carbocycles. The lowest BCUT2D eigenvalue weighted by Crippen LogP contribution is -2.53. The number of nitrogens with one attached hydrogen (secondary N) is 1. The lowest BCUT2D eigenvalue weighted by molar-refractivity contribution is -0.119. The minimum Gasteiger partial charge on any atom is -0.355 e. The average molecular weight is 352 g/mol. The van der Waals surface area contributed by atoms with E-state index in [1.54, 1.807) is 15.8 Å². The number of hydrogen-bond acceptors (Lipinski definition) is 4. The maximum atomic E-state index is 13.0. The summed E-state index contributed by atoms with van der Waals surface area (Å²) in [5.41, 5.74) is 1.60. The molecule has 0 bridgehead atoms. The third kappa shape index (κ3) is 2.63. The third-order valence-corrected chi connectivity index (χ3v) is 4.42. The monoisotopic (exact) mass is 352 g/mol. The van der Waals surface area contributed by atoms with Gasteiger partial charge in [0.2, 0.25) is 5.91 Å². The normalized spacial score (nSPS) is 15.6. The van der Waals surface area contributed by atoms with Gasteiger partial charge in [-0.15, -0.1) is 0 Å². The van der Waals surface area contributed by atoms with E-state index in [2.05, 4.69) is 15.4 Å². The zero-order chi connectivity index (χ0) is 18.1. The predicted octanol–water partition coefficient (Wildman–Crippen LogP) is 1.40. The van der Waals surface area contributed by atoms with Crippen molar-refractivity contribution < 1.29 is 9.59 Å². The highest BCUT2D eigenvalue weighted by molar-refractivity contribution is 6.20. The lowest BCUT2D eigenvalue weighted by atomic mass is 10.2. The van der Waals surface area contributed by atoms with E-state index >= 15 is 0 Å². The van der Waals surface area contributed by atoms with Crippen molar-refractivity contribution in [2.24, 2.45) is 4.99 Å². The van der Waals surface area contributed by atoms with E-state index in [0.717, 1.165) is 17.7 Å². The molecule has 2 aliphatic heterocycles. The molecule has 8 nitrogen and oxygen atoms in total. The van der Waals surface area contributed by atoms with Gasteiger partial charge in [-0.1, -0.05) is 25.1 Å². The quantitative estimate of drug-likeness (QED) is 0.883. The molecule has 134 valence electrons. The highest BCUT2D eigenvalue weighted by Crippen LogP contribution is 2.32. The summed E-state index contributed by atoms with van der Waals surface area (Å²) in [4.78, 5) is 32.9. The van der Waals surface area contributed by atoms with Crippen LogP contribution in [0.1, 0.15) is 18.9 Å². The Labute approximate surface area is 151 Å². The number of nitrogens with zero attached hydrogens (tertiary/aromatic N) is 5. The van der Waals surface area contributed by atoms with Crippen molar-refractivity contribution in [2.45, 2.75) is 13.3 Å². The molecule has 0 atom stereocenters. The SMILES string of the molecule is CCCNC(=O)CN1C(=O)N2CCN=C2c2cnn(-c3ccccc3)c21. The minimum atomic E-state index is -0.238. The Morgan fingerprint density at radius 3 is 2.85 bits per heavy atom. The van der Waals surface area contributed by atoms with Gasteiger partial charge in [0.25, 0.3) is 0 Å². The summed E-state index contributed by atoms with van der Waals surface area (Å²) in [6.07, 6.45) is 2.55. The van der Waals surface area contributed by atoms with E-state index in [0.29, 0.717) is 31.3 Å². The molecule has 0 unspecified atom stereocenters. The maximum absolute atomic E-state index is 13.0. The predicted molar refractivity (Wildman–Crippen MR) is 97.7 cm³/mol. The number of rotatable bonds is 5. The number of carbonyl (C=O) groups excluding carboxylic acids is 2. The number of aromatic nitrogens is 2. The largest absolute Gasteiger partial charge is 0.355 e. The number of benzene rings is 1. The molecule has 0 fully saturated rings. The molecule has 8 heteroatoms. The van der Waals surface area contributed by atoms with Crippen LogP contribution in [-0.4, -0.2) is 58.6 Å². The molecule has 0 saturated heterocycles. The number of amidine groups is 1. The number of urea groups is 1. The molecule has 3 amide bonds. The summed E-state index contributed by atoms with van der Waals surface area (Å²) < 4.78 is 1.69. The molecule has 0 spiro atoms. The van der Waals surface area contributed by atoms with Crippen LogP contribution in [0.3, 0.4) is 0 Å². The molecule has 1 aromatic heterocycles. The van der Waals surface area contributed by atoms with Gasteiger partial charge in [-0.3, -0.25) is 19.6 Å². The number of amides is 3. The van der Waals surface area contributed by atoms with Crippen LogP contribution in [0.4, 0.5) is 10.6 Å². The van der Waals surface area contributed by atoms with Gasteiger partial charge < -0.3 is 5.32 Å². The molecule has 4 rings (SSSR count). The fourth-order valence-corrected chi connectivity index (χ4v) is 3.22. The van der Waals surface area contributed by atoms with Gasteiger partial charge in [0.05, 0.1) is 24.0 Å². The van der Waals surface area contributed by atoms with Gasteiger partial charge in [-0.2, -0.15) is 5.10 Å². The zero-order valence-corrected chi connectivity index (χ0v) is 14.6. The van der Waals surface area contributed by atoms with Gasteiger partial charge in [0, 0.05) is 13.1 Å². The van der Waals surface area contributed by atoms with Crippen molar-refractivity contribution in [3.8, 4) is 5.69 Å². The summed E-state index contributed by atoms with van der Waals surface area (Å²) in [6, 6.07) is 9.32. The molecule has 2 aromatic rings. The highest BCUT2D eigenvalue weighted by Gasteiger charge is 2.41. The van der Waals surface area contributed by atoms with Crippen molar-refractivity contribution in [1.82, 2.24) is 20.0 Å². The van der Waals surface area contributed by atoms with Gasteiger partial charge in [0.1, 0.15) is 12.4 Å². The van der Waals surface area contributed by atoms with Crippen LogP contribution in [0.25, 0.3) is 5.69 Å². The Morgan fingerprint density at radius 1 is 1.27 bits per heavy atom. The first-order chi connectivity index (χ1) is 12.7.